The van der Waals surface area contributed by atoms with Crippen LogP contribution in [-0.4, -0.2) is 11.2 Å². The molecule has 1 atom stereocenters. The first-order valence-electron chi connectivity index (χ1n) is 3.60. The molecule has 0 radical (unpaired) electrons. The number of hydrogen-bond donors (Lipinski definition) is 1. The molecule has 1 fully saturated rings. The molecule has 0 saturated carbocycles. The second-order valence-corrected chi connectivity index (χ2v) is 3.88. The molecule has 1 N–H and O–H groups in total. The van der Waals surface area contributed by atoms with Crippen molar-refractivity contribution < 1.29 is 4.79 Å². The minimum atomic E-state index is -0.0667. The SMILES string of the molecule is C=CC(=C)CC1SC(=C)NC1=O. The molecule has 0 aromatic heterocycles. The number of nitrogens with one attached hydrogen (secondary N) is 1. The predicted molar refractivity (Wildman–Crippen MR) is 52.6 cm³/mol. The van der Waals surface area contributed by atoms with E-state index in [0.29, 0.717) is 6.42 Å². The van der Waals surface area contributed by atoms with Crippen molar-refractivity contribution in [2.45, 2.75) is 11.7 Å². The van der Waals surface area contributed by atoms with Crippen LogP contribution in [0.5, 0.6) is 0 Å². The zero-order valence-electron chi connectivity index (χ0n) is 6.80. The van der Waals surface area contributed by atoms with Crippen LogP contribution in [-0.2, 0) is 4.79 Å². The highest BCUT2D eigenvalue weighted by Gasteiger charge is 2.27. The van der Waals surface area contributed by atoms with Crippen molar-refractivity contribution in [1.82, 2.24) is 5.32 Å². The number of allylic oxidation sites excluding steroid dienone is 2. The summed E-state index contributed by atoms with van der Waals surface area (Å²) in [6.07, 6.45) is 2.33. The van der Waals surface area contributed by atoms with Gasteiger partial charge >= 0.3 is 0 Å². The van der Waals surface area contributed by atoms with Crippen molar-refractivity contribution in [2.24, 2.45) is 0 Å². The molecule has 1 aliphatic rings. The molecular weight excluding hydrogens is 170 g/mol. The Kier molecular flexibility index (Phi) is 2.76. The highest BCUT2D eigenvalue weighted by Crippen LogP contribution is 2.29. The fourth-order valence-electron chi connectivity index (χ4n) is 0.928. The number of amides is 1. The normalized spacial score (nSPS) is 22.2. The Morgan fingerprint density at radius 1 is 1.75 bits per heavy atom. The average Bonchev–Trinajstić information content (AvgIpc) is 2.30. The molecule has 0 bridgehead atoms. The van der Waals surface area contributed by atoms with Gasteiger partial charge in [0.1, 0.15) is 0 Å². The van der Waals surface area contributed by atoms with Gasteiger partial charge in [0.15, 0.2) is 0 Å². The third-order valence-corrected chi connectivity index (χ3v) is 2.63. The van der Waals surface area contributed by atoms with Gasteiger partial charge in [0.2, 0.25) is 5.91 Å². The van der Waals surface area contributed by atoms with Crippen molar-refractivity contribution in [3.8, 4) is 0 Å². The number of rotatable bonds is 3. The third kappa shape index (κ3) is 2.01. The van der Waals surface area contributed by atoms with E-state index in [1.54, 1.807) is 6.08 Å². The van der Waals surface area contributed by atoms with Crippen LogP contribution in [0, 0.1) is 0 Å². The summed E-state index contributed by atoms with van der Waals surface area (Å²) < 4.78 is 0. The summed E-state index contributed by atoms with van der Waals surface area (Å²) in [7, 11) is 0. The highest BCUT2D eigenvalue weighted by molar-refractivity contribution is 8.04. The summed E-state index contributed by atoms with van der Waals surface area (Å²) in [5.74, 6) is 0.0213. The van der Waals surface area contributed by atoms with E-state index in [2.05, 4.69) is 25.1 Å². The number of carbonyl (C=O) groups excluding carboxylic acids is 1. The van der Waals surface area contributed by atoms with Crippen LogP contribution in [0.3, 0.4) is 0 Å². The second kappa shape index (κ2) is 3.63. The van der Waals surface area contributed by atoms with Crippen LogP contribution in [0.2, 0.25) is 0 Å². The Labute approximate surface area is 76.4 Å². The van der Waals surface area contributed by atoms with Crippen LogP contribution >= 0.6 is 11.8 Å². The van der Waals surface area contributed by atoms with E-state index >= 15 is 0 Å². The molecule has 0 spiro atoms. The lowest BCUT2D eigenvalue weighted by Gasteiger charge is -2.03. The molecule has 0 aromatic rings. The van der Waals surface area contributed by atoms with Crippen LogP contribution in [0.4, 0.5) is 0 Å². The van der Waals surface area contributed by atoms with Crippen molar-refractivity contribution in [3.63, 3.8) is 0 Å². The van der Waals surface area contributed by atoms with E-state index in [1.807, 2.05) is 0 Å². The molecule has 1 unspecified atom stereocenters. The van der Waals surface area contributed by atoms with Gasteiger partial charge in [-0.05, 0) is 6.42 Å². The fourth-order valence-corrected chi connectivity index (χ4v) is 1.89. The summed E-state index contributed by atoms with van der Waals surface area (Å²) in [6.45, 7) is 11.0. The minimum absolute atomic E-state index is 0.0213. The van der Waals surface area contributed by atoms with Gasteiger partial charge in [0.25, 0.3) is 0 Å². The van der Waals surface area contributed by atoms with Crippen LogP contribution < -0.4 is 5.32 Å². The quantitative estimate of drug-likeness (QED) is 0.673. The Morgan fingerprint density at radius 2 is 2.42 bits per heavy atom. The molecule has 12 heavy (non-hydrogen) atoms. The van der Waals surface area contributed by atoms with Crippen molar-refractivity contribution in [3.05, 3.63) is 36.4 Å². The fraction of sp³-hybridized carbons (Fsp3) is 0.222. The molecule has 3 heteroatoms. The molecule has 1 amide bonds. The summed E-state index contributed by atoms with van der Waals surface area (Å²) in [5, 5.41) is 3.31. The summed E-state index contributed by atoms with van der Waals surface area (Å²) in [5.41, 5.74) is 0.886. The largest absolute Gasteiger partial charge is 0.320 e. The first kappa shape index (κ1) is 9.13. The molecular formula is C9H11NOS. The maximum Gasteiger partial charge on any atom is 0.238 e. The second-order valence-electron chi connectivity index (χ2n) is 2.59. The van der Waals surface area contributed by atoms with Gasteiger partial charge in [0, 0.05) is 0 Å². The molecule has 64 valence electrons. The standard InChI is InChI=1S/C9H11NOS/c1-4-6(2)5-8-9(11)10-7(3)12-8/h4,8H,1-3,5H2,(H,10,11). The molecule has 1 aliphatic heterocycles. The number of carbonyl (C=O) groups is 1. The topological polar surface area (TPSA) is 29.1 Å². The lowest BCUT2D eigenvalue weighted by Crippen LogP contribution is -2.21. The zero-order chi connectivity index (χ0) is 9.14. The lowest BCUT2D eigenvalue weighted by molar-refractivity contribution is -0.119. The summed E-state index contributed by atoms with van der Waals surface area (Å²) >= 11 is 1.45. The van der Waals surface area contributed by atoms with Gasteiger partial charge in [-0.25, -0.2) is 0 Å². The Hall–Kier alpha value is -0.960. The van der Waals surface area contributed by atoms with Crippen molar-refractivity contribution >= 4 is 17.7 Å². The first-order valence-corrected chi connectivity index (χ1v) is 4.48. The Balaban J connectivity index is 2.54. The molecule has 1 saturated heterocycles. The molecule has 0 aliphatic carbocycles. The van der Waals surface area contributed by atoms with Crippen LogP contribution in [0.25, 0.3) is 0 Å². The monoisotopic (exact) mass is 181 g/mol. The van der Waals surface area contributed by atoms with Gasteiger partial charge in [-0.2, -0.15) is 0 Å². The first-order chi connectivity index (χ1) is 5.63. The van der Waals surface area contributed by atoms with Gasteiger partial charge in [0.05, 0.1) is 10.3 Å². The minimum Gasteiger partial charge on any atom is -0.320 e. The van der Waals surface area contributed by atoms with Crippen LogP contribution in [0.15, 0.2) is 36.4 Å². The smallest absolute Gasteiger partial charge is 0.238 e. The maximum absolute atomic E-state index is 11.2. The van der Waals surface area contributed by atoms with E-state index in [0.717, 1.165) is 10.6 Å². The van der Waals surface area contributed by atoms with Gasteiger partial charge in [-0.3, -0.25) is 4.79 Å². The zero-order valence-corrected chi connectivity index (χ0v) is 7.62. The number of thioether (sulfide) groups is 1. The highest BCUT2D eigenvalue weighted by atomic mass is 32.2. The van der Waals surface area contributed by atoms with Gasteiger partial charge in [-0.15, -0.1) is 0 Å². The summed E-state index contributed by atoms with van der Waals surface area (Å²) in [6, 6.07) is 0. The van der Waals surface area contributed by atoms with Gasteiger partial charge in [-0.1, -0.05) is 43.1 Å². The van der Waals surface area contributed by atoms with Crippen LogP contribution in [0.1, 0.15) is 6.42 Å². The maximum atomic E-state index is 11.2. The molecule has 1 rings (SSSR count). The molecule has 2 nitrogen and oxygen atoms in total. The predicted octanol–water partition coefficient (Wildman–Crippen LogP) is 1.82. The van der Waals surface area contributed by atoms with Gasteiger partial charge < -0.3 is 5.32 Å². The van der Waals surface area contributed by atoms with E-state index in [-0.39, 0.29) is 11.2 Å². The molecule has 0 aromatic carbocycles. The molecule has 1 heterocycles. The Morgan fingerprint density at radius 3 is 2.83 bits per heavy atom. The van der Waals surface area contributed by atoms with E-state index in [9.17, 15) is 4.79 Å². The van der Waals surface area contributed by atoms with E-state index < -0.39 is 0 Å². The Bertz CT molecular complexity index is 257. The number of hydrogen-bond acceptors (Lipinski definition) is 2. The van der Waals surface area contributed by atoms with Crippen molar-refractivity contribution in [2.75, 3.05) is 0 Å². The van der Waals surface area contributed by atoms with Crippen molar-refractivity contribution in [1.29, 1.82) is 0 Å². The average molecular weight is 181 g/mol. The van der Waals surface area contributed by atoms with E-state index in [1.165, 1.54) is 11.8 Å². The third-order valence-electron chi connectivity index (χ3n) is 1.58. The lowest BCUT2D eigenvalue weighted by atomic mass is 10.1. The van der Waals surface area contributed by atoms with E-state index in [4.69, 9.17) is 0 Å². The summed E-state index contributed by atoms with van der Waals surface area (Å²) in [4.78, 5) is 11.2.